The van der Waals surface area contributed by atoms with E-state index in [1.54, 1.807) is 36.4 Å². The van der Waals surface area contributed by atoms with Crippen molar-refractivity contribution in [2.75, 3.05) is 5.73 Å². The van der Waals surface area contributed by atoms with Gasteiger partial charge in [-0.2, -0.15) is 0 Å². The molecular weight excluding hydrogens is 254 g/mol. The van der Waals surface area contributed by atoms with Gasteiger partial charge in [-0.25, -0.2) is 4.79 Å². The van der Waals surface area contributed by atoms with Crippen LogP contribution in [0.5, 0.6) is 11.5 Å². The van der Waals surface area contributed by atoms with Crippen LogP contribution in [0.15, 0.2) is 42.5 Å². The number of halogens is 1. The van der Waals surface area contributed by atoms with E-state index in [2.05, 4.69) is 0 Å². The fourth-order valence-corrected chi connectivity index (χ4v) is 1.65. The summed E-state index contributed by atoms with van der Waals surface area (Å²) in [5.74, 6) is -0.651. The molecule has 92 valence electrons. The van der Waals surface area contributed by atoms with Gasteiger partial charge in [-0.1, -0.05) is 29.8 Å². The number of anilines is 1. The summed E-state index contributed by atoms with van der Waals surface area (Å²) in [6, 6.07) is 11.3. The third-order valence-corrected chi connectivity index (χ3v) is 2.64. The summed E-state index contributed by atoms with van der Waals surface area (Å²) in [6.07, 6.45) is 0. The van der Waals surface area contributed by atoms with Gasteiger partial charge < -0.3 is 15.6 Å². The van der Waals surface area contributed by atoms with Crippen molar-refractivity contribution in [1.29, 1.82) is 0 Å². The number of carboxylic acid groups (broad SMARTS) is 1. The van der Waals surface area contributed by atoms with Crippen LogP contribution in [0.1, 0.15) is 10.4 Å². The van der Waals surface area contributed by atoms with Crippen molar-refractivity contribution in [3.63, 3.8) is 0 Å². The number of aromatic carboxylic acids is 1. The molecule has 2 aromatic carbocycles. The average molecular weight is 264 g/mol. The van der Waals surface area contributed by atoms with Crippen LogP contribution in [0.3, 0.4) is 0 Å². The summed E-state index contributed by atoms with van der Waals surface area (Å²) in [4.78, 5) is 11.1. The van der Waals surface area contributed by atoms with E-state index in [1.165, 1.54) is 6.07 Å². The number of carboxylic acids is 1. The Morgan fingerprint density at radius 3 is 2.56 bits per heavy atom. The third-order valence-electron chi connectivity index (χ3n) is 2.32. The largest absolute Gasteiger partial charge is 0.478 e. The molecule has 0 aliphatic heterocycles. The summed E-state index contributed by atoms with van der Waals surface area (Å²) < 4.78 is 5.49. The zero-order valence-electron chi connectivity index (χ0n) is 9.26. The summed E-state index contributed by atoms with van der Waals surface area (Å²) in [5, 5.41) is 9.46. The topological polar surface area (TPSA) is 72.6 Å². The summed E-state index contributed by atoms with van der Waals surface area (Å²) >= 11 is 5.95. The molecule has 0 aromatic heterocycles. The number of para-hydroxylation sites is 2. The number of carbonyl (C=O) groups is 1. The lowest BCUT2D eigenvalue weighted by atomic mass is 10.1. The molecule has 18 heavy (non-hydrogen) atoms. The van der Waals surface area contributed by atoms with Gasteiger partial charge >= 0.3 is 5.97 Å². The molecule has 3 N–H and O–H groups in total. The van der Waals surface area contributed by atoms with Crippen molar-refractivity contribution in [3.8, 4) is 11.5 Å². The number of benzene rings is 2. The number of nitrogen functional groups attached to an aromatic ring is 1. The van der Waals surface area contributed by atoms with Crippen molar-refractivity contribution >= 4 is 23.3 Å². The molecule has 2 rings (SSSR count). The van der Waals surface area contributed by atoms with E-state index in [-0.39, 0.29) is 17.0 Å². The SMILES string of the molecule is Nc1cccc(C(=O)O)c1Oc1ccccc1Cl. The maximum Gasteiger partial charge on any atom is 0.339 e. The lowest BCUT2D eigenvalue weighted by molar-refractivity contribution is 0.0694. The van der Waals surface area contributed by atoms with Gasteiger partial charge in [-0.15, -0.1) is 0 Å². The molecule has 0 saturated heterocycles. The van der Waals surface area contributed by atoms with Crippen LogP contribution in [0.25, 0.3) is 0 Å². The fourth-order valence-electron chi connectivity index (χ4n) is 1.47. The van der Waals surface area contributed by atoms with Gasteiger partial charge in [-0.05, 0) is 24.3 Å². The number of ether oxygens (including phenoxy) is 1. The molecule has 0 radical (unpaired) electrons. The molecule has 0 aliphatic rings. The predicted octanol–water partition coefficient (Wildman–Crippen LogP) is 3.41. The minimum Gasteiger partial charge on any atom is -0.478 e. The third kappa shape index (κ3) is 2.38. The van der Waals surface area contributed by atoms with E-state index in [0.29, 0.717) is 10.8 Å². The predicted molar refractivity (Wildman–Crippen MR) is 69.3 cm³/mol. The van der Waals surface area contributed by atoms with Gasteiger partial charge in [0.2, 0.25) is 0 Å². The first-order valence-corrected chi connectivity index (χ1v) is 5.51. The van der Waals surface area contributed by atoms with Crippen LogP contribution in [-0.4, -0.2) is 11.1 Å². The Bertz CT molecular complexity index is 599. The molecule has 0 atom stereocenters. The fraction of sp³-hybridized carbons (Fsp3) is 0. The highest BCUT2D eigenvalue weighted by Gasteiger charge is 2.15. The number of nitrogens with two attached hydrogens (primary N) is 1. The second-order valence-electron chi connectivity index (χ2n) is 3.56. The lowest BCUT2D eigenvalue weighted by Crippen LogP contribution is -2.03. The second kappa shape index (κ2) is 4.98. The van der Waals surface area contributed by atoms with Crippen molar-refractivity contribution in [2.45, 2.75) is 0 Å². The number of hydrogen-bond donors (Lipinski definition) is 2. The smallest absolute Gasteiger partial charge is 0.339 e. The maximum absolute atomic E-state index is 11.1. The zero-order valence-corrected chi connectivity index (χ0v) is 10.0. The van der Waals surface area contributed by atoms with Crippen LogP contribution in [0.4, 0.5) is 5.69 Å². The van der Waals surface area contributed by atoms with Crippen LogP contribution in [-0.2, 0) is 0 Å². The maximum atomic E-state index is 11.1. The molecule has 5 heteroatoms. The molecular formula is C13H10ClNO3. The van der Waals surface area contributed by atoms with Crippen LogP contribution in [0, 0.1) is 0 Å². The van der Waals surface area contributed by atoms with E-state index < -0.39 is 5.97 Å². The summed E-state index contributed by atoms with van der Waals surface area (Å²) in [5.41, 5.74) is 5.97. The molecule has 0 fully saturated rings. The van der Waals surface area contributed by atoms with E-state index in [1.807, 2.05) is 0 Å². The van der Waals surface area contributed by atoms with Gasteiger partial charge in [0.1, 0.15) is 11.3 Å². The molecule has 0 bridgehead atoms. The molecule has 0 spiro atoms. The van der Waals surface area contributed by atoms with E-state index in [0.717, 1.165) is 0 Å². The molecule has 0 aliphatic carbocycles. The molecule has 4 nitrogen and oxygen atoms in total. The minimum atomic E-state index is -1.11. The molecule has 0 unspecified atom stereocenters. The van der Waals surface area contributed by atoms with Gasteiger partial charge in [0, 0.05) is 0 Å². The van der Waals surface area contributed by atoms with Crippen LogP contribution in [0.2, 0.25) is 5.02 Å². The minimum absolute atomic E-state index is 0.00470. The number of rotatable bonds is 3. The summed E-state index contributed by atoms with van der Waals surface area (Å²) in [7, 11) is 0. The van der Waals surface area contributed by atoms with E-state index >= 15 is 0 Å². The van der Waals surface area contributed by atoms with Crippen LogP contribution >= 0.6 is 11.6 Å². The molecule has 0 heterocycles. The Morgan fingerprint density at radius 1 is 1.17 bits per heavy atom. The van der Waals surface area contributed by atoms with E-state index in [9.17, 15) is 4.79 Å². The van der Waals surface area contributed by atoms with Crippen molar-refractivity contribution in [3.05, 3.63) is 53.1 Å². The number of hydrogen-bond acceptors (Lipinski definition) is 3. The lowest BCUT2D eigenvalue weighted by Gasteiger charge is -2.12. The van der Waals surface area contributed by atoms with Crippen molar-refractivity contribution in [1.82, 2.24) is 0 Å². The Morgan fingerprint density at radius 2 is 1.89 bits per heavy atom. The highest BCUT2D eigenvalue weighted by molar-refractivity contribution is 6.32. The quantitative estimate of drug-likeness (QED) is 0.833. The monoisotopic (exact) mass is 263 g/mol. The Balaban J connectivity index is 2.46. The second-order valence-corrected chi connectivity index (χ2v) is 3.97. The van der Waals surface area contributed by atoms with Gasteiger partial charge in [0.05, 0.1) is 10.7 Å². The van der Waals surface area contributed by atoms with Gasteiger partial charge in [-0.3, -0.25) is 0 Å². The molecule has 0 amide bonds. The standard InChI is InChI=1S/C13H10ClNO3/c14-9-5-1-2-7-11(9)18-12-8(13(16)17)4-3-6-10(12)15/h1-7H,15H2,(H,16,17). The Labute approximate surface area is 109 Å². The van der Waals surface area contributed by atoms with E-state index in [4.69, 9.17) is 27.2 Å². The molecule has 0 saturated carbocycles. The average Bonchev–Trinajstić information content (AvgIpc) is 2.34. The van der Waals surface area contributed by atoms with Crippen LogP contribution < -0.4 is 10.5 Å². The molecule has 2 aromatic rings. The van der Waals surface area contributed by atoms with Crippen molar-refractivity contribution < 1.29 is 14.6 Å². The first-order valence-electron chi connectivity index (χ1n) is 5.14. The van der Waals surface area contributed by atoms with Gasteiger partial charge in [0.25, 0.3) is 0 Å². The van der Waals surface area contributed by atoms with Gasteiger partial charge in [0.15, 0.2) is 5.75 Å². The van der Waals surface area contributed by atoms with Crippen molar-refractivity contribution in [2.24, 2.45) is 0 Å². The highest BCUT2D eigenvalue weighted by Crippen LogP contribution is 2.34. The highest BCUT2D eigenvalue weighted by atomic mass is 35.5. The first-order chi connectivity index (χ1) is 8.59. The summed E-state index contributed by atoms with van der Waals surface area (Å²) in [6.45, 7) is 0. The first kappa shape index (κ1) is 12.3. The Kier molecular flexibility index (Phi) is 3.39. The zero-order chi connectivity index (χ0) is 13.1. The Hall–Kier alpha value is -2.20. The normalized spacial score (nSPS) is 10.1.